The van der Waals surface area contributed by atoms with Crippen LogP contribution in [0.5, 0.6) is 0 Å². The fourth-order valence-electron chi connectivity index (χ4n) is 3.73. The fourth-order valence-corrected chi connectivity index (χ4v) is 6.81. The lowest BCUT2D eigenvalue weighted by Gasteiger charge is -2.27. The Labute approximate surface area is 216 Å². The van der Waals surface area contributed by atoms with Gasteiger partial charge in [-0.25, -0.2) is 13.3 Å². The SMILES string of the molecule is CC(=O)Nc1ccc(N2C(=O)CC(N(Cc3cccs3)S(=O)(=O)c3cc(Cl)ccc3Cl)C2=O)cc1. The highest BCUT2D eigenvalue weighted by molar-refractivity contribution is 7.89. The molecular weight excluding hydrogens is 533 g/mol. The highest BCUT2D eigenvalue weighted by Gasteiger charge is 2.47. The Kier molecular flexibility index (Phi) is 7.30. The first-order chi connectivity index (χ1) is 16.6. The van der Waals surface area contributed by atoms with E-state index in [1.807, 2.05) is 0 Å². The van der Waals surface area contributed by atoms with Crippen molar-refractivity contribution in [2.24, 2.45) is 0 Å². The molecule has 1 unspecified atom stereocenters. The van der Waals surface area contributed by atoms with Gasteiger partial charge in [0.2, 0.25) is 21.8 Å². The Morgan fingerprint density at radius 2 is 1.86 bits per heavy atom. The number of thiophene rings is 1. The minimum absolute atomic E-state index is 0.0484. The van der Waals surface area contributed by atoms with E-state index < -0.39 is 27.9 Å². The van der Waals surface area contributed by atoms with Crippen LogP contribution in [-0.2, 0) is 31.0 Å². The third kappa shape index (κ3) is 5.26. The Balaban J connectivity index is 1.71. The molecule has 182 valence electrons. The lowest BCUT2D eigenvalue weighted by Crippen LogP contribution is -2.45. The predicted molar refractivity (Wildman–Crippen MR) is 135 cm³/mol. The molecule has 0 radical (unpaired) electrons. The van der Waals surface area contributed by atoms with E-state index in [1.54, 1.807) is 29.6 Å². The first-order valence-corrected chi connectivity index (χ1v) is 13.4. The summed E-state index contributed by atoms with van der Waals surface area (Å²) in [6.45, 7) is 1.24. The highest BCUT2D eigenvalue weighted by atomic mass is 35.5. The topological polar surface area (TPSA) is 104 Å². The second kappa shape index (κ2) is 10.1. The molecule has 1 aliphatic heterocycles. The molecule has 1 aliphatic rings. The Hall–Kier alpha value is -2.76. The van der Waals surface area contributed by atoms with E-state index in [9.17, 15) is 22.8 Å². The maximum Gasteiger partial charge on any atom is 0.252 e. The molecule has 1 aromatic heterocycles. The molecule has 1 fully saturated rings. The summed E-state index contributed by atoms with van der Waals surface area (Å²) in [4.78, 5) is 39.0. The van der Waals surface area contributed by atoms with Crippen LogP contribution in [-0.4, -0.2) is 36.5 Å². The zero-order chi connectivity index (χ0) is 25.3. The highest BCUT2D eigenvalue weighted by Crippen LogP contribution is 2.34. The molecule has 1 atom stereocenters. The normalized spacial score (nSPS) is 16.2. The number of carbonyl (C=O) groups is 3. The standard InChI is InChI=1S/C23H19Cl2N3O5S2/c1-14(29)26-16-5-7-17(8-6-16)28-22(30)12-20(23(28)31)27(13-18-3-2-10-34-18)35(32,33)21-11-15(24)4-9-19(21)25/h2-11,20H,12-13H2,1H3,(H,26,29). The summed E-state index contributed by atoms with van der Waals surface area (Å²) in [5.41, 5.74) is 0.764. The number of carbonyl (C=O) groups excluding carboxylic acids is 3. The van der Waals surface area contributed by atoms with Gasteiger partial charge in [-0.1, -0.05) is 29.3 Å². The van der Waals surface area contributed by atoms with Gasteiger partial charge in [-0.05, 0) is 53.9 Å². The van der Waals surface area contributed by atoms with Crippen LogP contribution in [0.4, 0.5) is 11.4 Å². The van der Waals surface area contributed by atoms with Crippen molar-refractivity contribution in [3.8, 4) is 0 Å². The molecule has 1 N–H and O–H groups in total. The number of hydrogen-bond acceptors (Lipinski definition) is 6. The molecular formula is C23H19Cl2N3O5S2. The summed E-state index contributed by atoms with van der Waals surface area (Å²) in [5.74, 6) is -1.49. The van der Waals surface area contributed by atoms with E-state index in [2.05, 4.69) is 5.32 Å². The number of anilines is 2. The average molecular weight is 552 g/mol. The lowest BCUT2D eigenvalue weighted by atomic mass is 10.2. The summed E-state index contributed by atoms with van der Waals surface area (Å²) in [7, 11) is -4.32. The largest absolute Gasteiger partial charge is 0.326 e. The Morgan fingerprint density at radius 3 is 2.49 bits per heavy atom. The summed E-state index contributed by atoms with van der Waals surface area (Å²) >= 11 is 13.6. The van der Waals surface area contributed by atoms with Crippen molar-refractivity contribution < 1.29 is 22.8 Å². The molecule has 12 heteroatoms. The number of amides is 3. The van der Waals surface area contributed by atoms with Crippen molar-refractivity contribution in [1.82, 2.24) is 4.31 Å². The summed E-state index contributed by atoms with van der Waals surface area (Å²) in [5, 5.41) is 4.51. The molecule has 4 rings (SSSR count). The van der Waals surface area contributed by atoms with Crippen LogP contribution in [0.15, 0.2) is 64.9 Å². The maximum atomic E-state index is 13.7. The second-order valence-corrected chi connectivity index (χ2v) is 11.5. The van der Waals surface area contributed by atoms with Gasteiger partial charge < -0.3 is 5.32 Å². The number of nitrogens with zero attached hydrogens (tertiary/aromatic N) is 2. The second-order valence-electron chi connectivity index (χ2n) is 7.72. The van der Waals surface area contributed by atoms with Crippen molar-refractivity contribution >= 4 is 73.7 Å². The van der Waals surface area contributed by atoms with E-state index in [1.165, 1.54) is 48.6 Å². The molecule has 2 heterocycles. The molecule has 0 saturated carbocycles. The third-order valence-electron chi connectivity index (χ3n) is 5.29. The zero-order valence-electron chi connectivity index (χ0n) is 18.3. The van der Waals surface area contributed by atoms with Crippen LogP contribution in [0.3, 0.4) is 0 Å². The smallest absolute Gasteiger partial charge is 0.252 e. The van der Waals surface area contributed by atoms with Gasteiger partial charge in [0, 0.05) is 29.1 Å². The third-order valence-corrected chi connectivity index (χ3v) is 8.72. The molecule has 3 amide bonds. The minimum atomic E-state index is -4.32. The number of hydrogen-bond donors (Lipinski definition) is 1. The van der Waals surface area contributed by atoms with Gasteiger partial charge in [0.15, 0.2) is 0 Å². The minimum Gasteiger partial charge on any atom is -0.326 e. The van der Waals surface area contributed by atoms with Gasteiger partial charge in [-0.3, -0.25) is 14.4 Å². The van der Waals surface area contributed by atoms with Crippen LogP contribution >= 0.6 is 34.5 Å². The quantitative estimate of drug-likeness (QED) is 0.434. The number of halogens is 2. The average Bonchev–Trinajstić information content (AvgIpc) is 3.41. The Morgan fingerprint density at radius 1 is 1.14 bits per heavy atom. The molecule has 0 spiro atoms. The van der Waals surface area contributed by atoms with E-state index >= 15 is 0 Å². The molecule has 1 saturated heterocycles. The first kappa shape index (κ1) is 25.3. The number of nitrogens with one attached hydrogen (secondary N) is 1. The van der Waals surface area contributed by atoms with Crippen LogP contribution in [0.25, 0.3) is 0 Å². The van der Waals surface area contributed by atoms with Gasteiger partial charge in [0.05, 0.1) is 17.1 Å². The molecule has 0 bridgehead atoms. The number of rotatable bonds is 7. The van der Waals surface area contributed by atoms with E-state index in [-0.39, 0.29) is 39.5 Å². The molecule has 3 aromatic rings. The van der Waals surface area contributed by atoms with Crippen LogP contribution < -0.4 is 10.2 Å². The van der Waals surface area contributed by atoms with Crippen molar-refractivity contribution in [3.63, 3.8) is 0 Å². The van der Waals surface area contributed by atoms with Crippen LogP contribution in [0, 0.1) is 0 Å². The number of benzene rings is 2. The van der Waals surface area contributed by atoms with Crippen molar-refractivity contribution in [2.45, 2.75) is 30.8 Å². The zero-order valence-corrected chi connectivity index (χ0v) is 21.4. The van der Waals surface area contributed by atoms with E-state index in [4.69, 9.17) is 23.2 Å². The van der Waals surface area contributed by atoms with Crippen molar-refractivity contribution in [3.05, 3.63) is 74.9 Å². The van der Waals surface area contributed by atoms with Gasteiger partial charge in [-0.2, -0.15) is 4.31 Å². The monoisotopic (exact) mass is 551 g/mol. The van der Waals surface area contributed by atoms with E-state index in [0.29, 0.717) is 10.6 Å². The summed E-state index contributed by atoms with van der Waals surface area (Å²) in [6, 6.07) is 12.4. The summed E-state index contributed by atoms with van der Waals surface area (Å²) < 4.78 is 28.5. The number of imide groups is 1. The fraction of sp³-hybridized carbons (Fsp3) is 0.174. The molecule has 8 nitrogen and oxygen atoms in total. The van der Waals surface area contributed by atoms with E-state index in [0.717, 1.165) is 9.21 Å². The Bertz CT molecular complexity index is 1390. The van der Waals surface area contributed by atoms with Gasteiger partial charge in [-0.15, -0.1) is 11.3 Å². The number of sulfonamides is 1. The first-order valence-electron chi connectivity index (χ1n) is 10.3. The maximum absolute atomic E-state index is 13.7. The van der Waals surface area contributed by atoms with Gasteiger partial charge in [0.25, 0.3) is 5.91 Å². The molecule has 0 aliphatic carbocycles. The van der Waals surface area contributed by atoms with Crippen molar-refractivity contribution in [1.29, 1.82) is 0 Å². The molecule has 2 aromatic carbocycles. The van der Waals surface area contributed by atoms with Crippen LogP contribution in [0.2, 0.25) is 10.0 Å². The molecule has 35 heavy (non-hydrogen) atoms. The predicted octanol–water partition coefficient (Wildman–Crippen LogP) is 4.54. The summed E-state index contributed by atoms with van der Waals surface area (Å²) in [6.07, 6.45) is -0.338. The lowest BCUT2D eigenvalue weighted by molar-refractivity contribution is -0.122. The van der Waals surface area contributed by atoms with Gasteiger partial charge in [0.1, 0.15) is 10.9 Å². The van der Waals surface area contributed by atoms with Crippen molar-refractivity contribution in [2.75, 3.05) is 10.2 Å². The van der Waals surface area contributed by atoms with Gasteiger partial charge >= 0.3 is 0 Å². The van der Waals surface area contributed by atoms with Crippen LogP contribution in [0.1, 0.15) is 18.2 Å².